The molecule has 2 aromatic heterocycles. The predicted molar refractivity (Wildman–Crippen MR) is 112 cm³/mol. The first kappa shape index (κ1) is 20.0. The number of fused-ring (bicyclic) bond motifs is 1. The molecule has 156 valence electrons. The van der Waals surface area contributed by atoms with Gasteiger partial charge in [-0.1, -0.05) is 12.1 Å². The smallest absolute Gasteiger partial charge is 0.264 e. The van der Waals surface area contributed by atoms with Gasteiger partial charge in [-0.3, -0.25) is 9.78 Å². The van der Waals surface area contributed by atoms with Gasteiger partial charge in [0.15, 0.2) is 0 Å². The van der Waals surface area contributed by atoms with Crippen molar-refractivity contribution in [2.75, 3.05) is 10.6 Å². The number of aromatic nitrogens is 2. The number of rotatable bonds is 5. The van der Waals surface area contributed by atoms with Gasteiger partial charge < -0.3 is 22.1 Å². The molecule has 2 atom stereocenters. The molecule has 1 saturated carbocycles. The number of benzene rings is 1. The number of nitrogens with one attached hydrogen (secondary N) is 2. The third-order valence-corrected chi connectivity index (χ3v) is 5.31. The average molecular weight is 412 g/mol. The van der Waals surface area contributed by atoms with E-state index < -0.39 is 23.9 Å². The summed E-state index contributed by atoms with van der Waals surface area (Å²) in [7, 11) is 0. The van der Waals surface area contributed by atoms with Crippen LogP contribution >= 0.6 is 0 Å². The van der Waals surface area contributed by atoms with E-state index in [1.165, 1.54) is 12.1 Å². The highest BCUT2D eigenvalue weighted by atomic mass is 19.3. The monoisotopic (exact) mass is 412 g/mol. The molecule has 4 rings (SSSR count). The summed E-state index contributed by atoms with van der Waals surface area (Å²) >= 11 is 0. The highest BCUT2D eigenvalue weighted by Gasteiger charge is 2.44. The van der Waals surface area contributed by atoms with Gasteiger partial charge in [-0.25, -0.2) is 13.8 Å². The fraction of sp³-hybridized carbons (Fsp3) is 0.286. The van der Waals surface area contributed by atoms with E-state index in [9.17, 15) is 13.6 Å². The van der Waals surface area contributed by atoms with Crippen molar-refractivity contribution in [1.29, 1.82) is 0 Å². The van der Waals surface area contributed by atoms with Crippen molar-refractivity contribution in [3.63, 3.8) is 0 Å². The van der Waals surface area contributed by atoms with Gasteiger partial charge in [0, 0.05) is 29.7 Å². The molecule has 3 aromatic rings. The highest BCUT2D eigenvalue weighted by molar-refractivity contribution is 5.98. The molecule has 1 aliphatic carbocycles. The number of anilines is 3. The van der Waals surface area contributed by atoms with Gasteiger partial charge >= 0.3 is 0 Å². The first-order valence-electron chi connectivity index (χ1n) is 9.66. The number of pyridine rings is 2. The molecular weight excluding hydrogens is 390 g/mol. The molecule has 0 radical (unpaired) electrons. The topological polar surface area (TPSA) is 119 Å². The van der Waals surface area contributed by atoms with Gasteiger partial charge in [-0.05, 0) is 43.2 Å². The Bertz CT molecular complexity index is 1090. The van der Waals surface area contributed by atoms with E-state index in [2.05, 4.69) is 20.6 Å². The van der Waals surface area contributed by atoms with Crippen molar-refractivity contribution in [2.45, 2.75) is 37.3 Å². The van der Waals surface area contributed by atoms with Crippen molar-refractivity contribution in [3.8, 4) is 0 Å². The van der Waals surface area contributed by atoms with Gasteiger partial charge in [0.2, 0.25) is 0 Å². The van der Waals surface area contributed by atoms with Crippen LogP contribution in [0.15, 0.2) is 48.7 Å². The SMILES string of the molecule is NC(=O)c1ccc(N[C@@H]2CCCC(F)(F)[C@@H]2N)nc1Nc1ccc2cccnc2c1. The number of nitrogens with zero attached hydrogens (tertiary/aromatic N) is 2. The molecule has 0 saturated heterocycles. The Morgan fingerprint density at radius 2 is 2.03 bits per heavy atom. The standard InChI is InChI=1S/C21H22F2N6O/c22-21(23)9-1-4-15(18(21)24)28-17-8-7-14(19(25)30)20(29-17)27-13-6-5-12-3-2-10-26-16(12)11-13/h2-3,5-8,10-11,15,18H,1,4,9,24H2,(H2,25,30)(H2,27,28,29)/t15-,18-/m1/s1. The zero-order chi connectivity index (χ0) is 21.3. The lowest BCUT2D eigenvalue weighted by Crippen LogP contribution is -2.55. The molecule has 2 heterocycles. The minimum Gasteiger partial charge on any atom is -0.365 e. The van der Waals surface area contributed by atoms with Crippen molar-refractivity contribution >= 4 is 34.1 Å². The summed E-state index contributed by atoms with van der Waals surface area (Å²) in [4.78, 5) is 20.6. The maximum atomic E-state index is 14.0. The summed E-state index contributed by atoms with van der Waals surface area (Å²) in [6.07, 6.45) is 2.35. The lowest BCUT2D eigenvalue weighted by Gasteiger charge is -2.36. The molecule has 0 spiro atoms. The number of carbonyl (C=O) groups is 1. The van der Waals surface area contributed by atoms with Gasteiger partial charge in [0.25, 0.3) is 11.8 Å². The predicted octanol–water partition coefficient (Wildman–Crippen LogP) is 3.40. The second-order valence-corrected chi connectivity index (χ2v) is 7.42. The summed E-state index contributed by atoms with van der Waals surface area (Å²) in [5, 5.41) is 7.03. The van der Waals surface area contributed by atoms with Crippen LogP contribution in [-0.2, 0) is 0 Å². The molecule has 0 unspecified atom stereocenters. The zero-order valence-electron chi connectivity index (χ0n) is 16.1. The molecule has 1 aromatic carbocycles. The third kappa shape index (κ3) is 4.02. The second-order valence-electron chi connectivity index (χ2n) is 7.42. The molecule has 30 heavy (non-hydrogen) atoms. The minimum atomic E-state index is -2.93. The van der Waals surface area contributed by atoms with Crippen LogP contribution in [0, 0.1) is 0 Å². The van der Waals surface area contributed by atoms with E-state index in [-0.39, 0.29) is 17.8 Å². The Labute approximate surface area is 171 Å². The fourth-order valence-corrected chi connectivity index (χ4v) is 3.66. The third-order valence-electron chi connectivity index (χ3n) is 5.31. The normalized spacial score (nSPS) is 20.6. The first-order valence-corrected chi connectivity index (χ1v) is 9.66. The molecule has 0 bridgehead atoms. The quantitative estimate of drug-likeness (QED) is 0.510. The summed E-state index contributed by atoms with van der Waals surface area (Å²) < 4.78 is 27.9. The number of halogens is 2. The summed E-state index contributed by atoms with van der Waals surface area (Å²) in [6.45, 7) is 0. The Balaban J connectivity index is 1.62. The van der Waals surface area contributed by atoms with E-state index >= 15 is 0 Å². The van der Waals surface area contributed by atoms with Crippen LogP contribution in [0.4, 0.5) is 26.1 Å². The lowest BCUT2D eigenvalue weighted by molar-refractivity contribution is -0.0554. The number of primary amides is 1. The molecule has 7 nitrogen and oxygen atoms in total. The van der Waals surface area contributed by atoms with Crippen LogP contribution in [0.1, 0.15) is 29.6 Å². The Hall–Kier alpha value is -3.33. The van der Waals surface area contributed by atoms with Crippen LogP contribution in [0.25, 0.3) is 10.9 Å². The second kappa shape index (κ2) is 7.83. The number of nitrogens with two attached hydrogens (primary N) is 2. The molecule has 1 fully saturated rings. The summed E-state index contributed by atoms with van der Waals surface area (Å²) in [5.41, 5.74) is 12.9. The number of alkyl halides is 2. The fourth-order valence-electron chi connectivity index (χ4n) is 3.66. The first-order chi connectivity index (χ1) is 14.3. The maximum Gasteiger partial charge on any atom is 0.264 e. The summed E-state index contributed by atoms with van der Waals surface area (Å²) in [6, 6.07) is 10.4. The molecular formula is C21H22F2N6O. The van der Waals surface area contributed by atoms with E-state index in [1.807, 2.05) is 30.3 Å². The lowest BCUT2D eigenvalue weighted by atomic mass is 9.87. The van der Waals surface area contributed by atoms with Crippen LogP contribution < -0.4 is 22.1 Å². The van der Waals surface area contributed by atoms with E-state index in [4.69, 9.17) is 11.5 Å². The van der Waals surface area contributed by atoms with E-state index in [0.717, 1.165) is 10.9 Å². The highest BCUT2D eigenvalue weighted by Crippen LogP contribution is 2.34. The van der Waals surface area contributed by atoms with Crippen LogP contribution in [0.3, 0.4) is 0 Å². The zero-order valence-corrected chi connectivity index (χ0v) is 16.1. The van der Waals surface area contributed by atoms with Crippen LogP contribution in [0.2, 0.25) is 0 Å². The number of hydrogen-bond acceptors (Lipinski definition) is 6. The van der Waals surface area contributed by atoms with Crippen LogP contribution in [-0.4, -0.2) is 33.9 Å². The number of carbonyl (C=O) groups excluding carboxylic acids is 1. The van der Waals surface area contributed by atoms with Gasteiger partial charge in [0.1, 0.15) is 11.6 Å². The Morgan fingerprint density at radius 1 is 1.20 bits per heavy atom. The summed E-state index contributed by atoms with van der Waals surface area (Å²) in [5.74, 6) is -3.03. The van der Waals surface area contributed by atoms with E-state index in [1.54, 1.807) is 6.20 Å². The minimum absolute atomic E-state index is 0.181. The Morgan fingerprint density at radius 3 is 2.83 bits per heavy atom. The van der Waals surface area contributed by atoms with Gasteiger partial charge in [-0.2, -0.15) is 0 Å². The van der Waals surface area contributed by atoms with Crippen molar-refractivity contribution in [2.24, 2.45) is 11.5 Å². The molecule has 1 amide bonds. The van der Waals surface area contributed by atoms with Crippen LogP contribution in [0.5, 0.6) is 0 Å². The largest absolute Gasteiger partial charge is 0.365 e. The molecule has 9 heteroatoms. The number of hydrogen-bond donors (Lipinski definition) is 4. The van der Waals surface area contributed by atoms with Crippen molar-refractivity contribution < 1.29 is 13.6 Å². The Kier molecular flexibility index (Phi) is 5.21. The van der Waals surface area contributed by atoms with Crippen molar-refractivity contribution in [3.05, 3.63) is 54.2 Å². The average Bonchev–Trinajstić information content (AvgIpc) is 2.71. The number of amides is 1. The molecule has 1 aliphatic rings. The van der Waals surface area contributed by atoms with Crippen molar-refractivity contribution in [1.82, 2.24) is 9.97 Å². The van der Waals surface area contributed by atoms with E-state index in [0.29, 0.717) is 24.3 Å². The van der Waals surface area contributed by atoms with Gasteiger partial charge in [-0.15, -0.1) is 0 Å². The maximum absolute atomic E-state index is 14.0. The molecule has 0 aliphatic heterocycles. The molecule has 6 N–H and O–H groups in total. The van der Waals surface area contributed by atoms with Gasteiger partial charge in [0.05, 0.1) is 17.1 Å².